The van der Waals surface area contributed by atoms with Gasteiger partial charge in [0.25, 0.3) is 0 Å². The number of Topliss-reactive ketones (excluding diaryl/α,β-unsaturated/α-hetero) is 1. The van der Waals surface area contributed by atoms with Crippen LogP contribution in [0.5, 0.6) is 0 Å². The second-order valence-corrected chi connectivity index (χ2v) is 4.48. The van der Waals surface area contributed by atoms with Gasteiger partial charge >= 0.3 is 0 Å². The smallest absolute Gasteiger partial charge is 0.162 e. The molecule has 0 unspecified atom stereocenters. The first kappa shape index (κ1) is 11.9. The fourth-order valence-corrected chi connectivity index (χ4v) is 1.88. The molecule has 1 aromatic carbocycles. The van der Waals surface area contributed by atoms with Gasteiger partial charge < -0.3 is 0 Å². The molecule has 0 saturated heterocycles. The molecule has 1 heterocycles. The normalized spacial score (nSPS) is 10.5. The van der Waals surface area contributed by atoms with Gasteiger partial charge in [-0.05, 0) is 31.0 Å². The average Bonchev–Trinajstić information content (AvgIpc) is 2.71. The Kier molecular flexibility index (Phi) is 3.29. The number of carbonyl (C=O) groups excluding carboxylic acids is 1. The Bertz CT molecular complexity index is 560. The molecule has 0 atom stereocenters. The zero-order valence-electron chi connectivity index (χ0n) is 9.77. The Morgan fingerprint density at radius 1 is 1.47 bits per heavy atom. The van der Waals surface area contributed by atoms with Crippen LogP contribution in [0.3, 0.4) is 0 Å². The number of halogens is 1. The van der Waals surface area contributed by atoms with Crippen molar-refractivity contribution in [2.75, 3.05) is 0 Å². The molecule has 0 aliphatic heterocycles. The first-order valence-electron chi connectivity index (χ1n) is 5.34. The van der Waals surface area contributed by atoms with Crippen molar-refractivity contribution in [2.45, 2.75) is 20.4 Å². The summed E-state index contributed by atoms with van der Waals surface area (Å²) in [5, 5.41) is 4.86. The van der Waals surface area contributed by atoms with Crippen LogP contribution in [-0.2, 0) is 6.54 Å². The van der Waals surface area contributed by atoms with Gasteiger partial charge in [-0.3, -0.25) is 9.48 Å². The Labute approximate surface area is 105 Å². The monoisotopic (exact) mass is 248 g/mol. The van der Waals surface area contributed by atoms with Crippen molar-refractivity contribution < 1.29 is 4.79 Å². The molecule has 0 aliphatic rings. The molecule has 3 nitrogen and oxygen atoms in total. The van der Waals surface area contributed by atoms with E-state index < -0.39 is 0 Å². The third-order valence-corrected chi connectivity index (χ3v) is 2.93. The van der Waals surface area contributed by atoms with Gasteiger partial charge in [0.2, 0.25) is 0 Å². The summed E-state index contributed by atoms with van der Waals surface area (Å²) in [6.45, 7) is 4.10. The quantitative estimate of drug-likeness (QED) is 0.783. The zero-order valence-corrected chi connectivity index (χ0v) is 10.5. The molecule has 0 amide bonds. The fraction of sp³-hybridized carbons (Fsp3) is 0.231. The molecule has 0 spiro atoms. The highest BCUT2D eigenvalue weighted by atomic mass is 35.5. The van der Waals surface area contributed by atoms with Crippen LogP contribution in [0.2, 0.25) is 5.02 Å². The molecule has 0 saturated carbocycles. The van der Waals surface area contributed by atoms with E-state index in [9.17, 15) is 4.79 Å². The lowest BCUT2D eigenvalue weighted by molar-refractivity contribution is 0.101. The summed E-state index contributed by atoms with van der Waals surface area (Å²) in [5.74, 6) is 0.0197. The van der Waals surface area contributed by atoms with Crippen LogP contribution in [0.15, 0.2) is 30.6 Å². The van der Waals surface area contributed by atoms with Gasteiger partial charge in [-0.2, -0.15) is 5.10 Å². The topological polar surface area (TPSA) is 34.9 Å². The predicted octanol–water partition coefficient (Wildman–Crippen LogP) is 3.10. The molecule has 0 fully saturated rings. The van der Waals surface area contributed by atoms with Crippen LogP contribution in [0.1, 0.15) is 28.4 Å². The van der Waals surface area contributed by atoms with Crippen molar-refractivity contribution in [3.05, 3.63) is 52.3 Å². The Balaban J connectivity index is 2.22. The van der Waals surface area contributed by atoms with Gasteiger partial charge in [0, 0.05) is 11.2 Å². The Hall–Kier alpha value is -1.61. The number of hydrogen-bond donors (Lipinski definition) is 0. The summed E-state index contributed by atoms with van der Waals surface area (Å²) in [5.41, 5.74) is 2.74. The number of aryl methyl sites for hydroxylation is 1. The van der Waals surface area contributed by atoms with Crippen LogP contribution in [-0.4, -0.2) is 15.6 Å². The van der Waals surface area contributed by atoms with E-state index in [0.29, 0.717) is 12.1 Å². The molecular formula is C13H13ClN2O. The van der Waals surface area contributed by atoms with Gasteiger partial charge in [-0.15, -0.1) is 0 Å². The number of carbonyl (C=O) groups is 1. The van der Waals surface area contributed by atoms with Gasteiger partial charge in [0.05, 0.1) is 18.3 Å². The van der Waals surface area contributed by atoms with E-state index in [1.54, 1.807) is 17.1 Å². The molecule has 88 valence electrons. The number of nitrogens with zero attached hydrogens (tertiary/aromatic N) is 2. The minimum absolute atomic E-state index is 0.0197. The largest absolute Gasteiger partial charge is 0.294 e. The van der Waals surface area contributed by atoms with E-state index in [0.717, 1.165) is 16.1 Å². The Morgan fingerprint density at radius 2 is 2.24 bits per heavy atom. The molecule has 0 radical (unpaired) electrons. The van der Waals surface area contributed by atoms with E-state index in [-0.39, 0.29) is 5.78 Å². The summed E-state index contributed by atoms with van der Waals surface area (Å²) in [6.07, 6.45) is 3.31. The number of rotatable bonds is 3. The first-order chi connectivity index (χ1) is 8.06. The number of ketones is 1. The predicted molar refractivity (Wildman–Crippen MR) is 67.5 cm³/mol. The van der Waals surface area contributed by atoms with E-state index in [1.807, 2.05) is 25.1 Å². The summed E-state index contributed by atoms with van der Waals surface area (Å²) in [6, 6.07) is 5.91. The highest BCUT2D eigenvalue weighted by Crippen LogP contribution is 2.18. The van der Waals surface area contributed by atoms with Crippen molar-refractivity contribution in [2.24, 2.45) is 0 Å². The standard InChI is InChI=1S/C13H13ClN2O/c1-9-3-4-11(13(14)5-9)7-16-8-12(6-15-16)10(2)17/h3-6,8H,7H2,1-2H3. The zero-order chi connectivity index (χ0) is 12.4. The van der Waals surface area contributed by atoms with Gasteiger partial charge in [0.1, 0.15) is 0 Å². The average molecular weight is 249 g/mol. The van der Waals surface area contributed by atoms with E-state index >= 15 is 0 Å². The maximum Gasteiger partial charge on any atom is 0.162 e. The fourth-order valence-electron chi connectivity index (χ4n) is 1.59. The molecule has 2 aromatic rings. The van der Waals surface area contributed by atoms with Crippen molar-refractivity contribution >= 4 is 17.4 Å². The molecule has 0 bridgehead atoms. The molecule has 17 heavy (non-hydrogen) atoms. The summed E-state index contributed by atoms with van der Waals surface area (Å²) in [7, 11) is 0. The molecule has 1 aromatic heterocycles. The molecule has 0 aliphatic carbocycles. The van der Waals surface area contributed by atoms with Crippen LogP contribution in [0.25, 0.3) is 0 Å². The summed E-state index contributed by atoms with van der Waals surface area (Å²) in [4.78, 5) is 11.1. The van der Waals surface area contributed by atoms with Crippen molar-refractivity contribution in [3.63, 3.8) is 0 Å². The molecule has 4 heteroatoms. The molecule has 2 rings (SSSR count). The van der Waals surface area contributed by atoms with Crippen LogP contribution in [0, 0.1) is 6.92 Å². The Morgan fingerprint density at radius 3 is 2.82 bits per heavy atom. The van der Waals surface area contributed by atoms with Gasteiger partial charge in [-0.1, -0.05) is 23.7 Å². The second-order valence-electron chi connectivity index (χ2n) is 4.08. The minimum atomic E-state index is 0.0197. The van der Waals surface area contributed by atoms with Crippen LogP contribution >= 0.6 is 11.6 Å². The highest BCUT2D eigenvalue weighted by Gasteiger charge is 2.05. The van der Waals surface area contributed by atoms with Crippen molar-refractivity contribution in [1.29, 1.82) is 0 Å². The van der Waals surface area contributed by atoms with Gasteiger partial charge in [0.15, 0.2) is 5.78 Å². The van der Waals surface area contributed by atoms with E-state index in [2.05, 4.69) is 5.10 Å². The van der Waals surface area contributed by atoms with Crippen LogP contribution in [0.4, 0.5) is 0 Å². The van der Waals surface area contributed by atoms with Crippen molar-refractivity contribution in [3.8, 4) is 0 Å². The van der Waals surface area contributed by atoms with Gasteiger partial charge in [-0.25, -0.2) is 0 Å². The van der Waals surface area contributed by atoms with Crippen molar-refractivity contribution in [1.82, 2.24) is 9.78 Å². The van der Waals surface area contributed by atoms with Crippen LogP contribution < -0.4 is 0 Å². The highest BCUT2D eigenvalue weighted by molar-refractivity contribution is 6.31. The maximum atomic E-state index is 11.1. The lowest BCUT2D eigenvalue weighted by Crippen LogP contribution is -2.01. The third kappa shape index (κ3) is 2.74. The maximum absolute atomic E-state index is 11.1. The number of hydrogen-bond acceptors (Lipinski definition) is 2. The number of benzene rings is 1. The first-order valence-corrected chi connectivity index (χ1v) is 5.72. The molecular weight excluding hydrogens is 236 g/mol. The summed E-state index contributed by atoms with van der Waals surface area (Å²) < 4.78 is 1.72. The second kappa shape index (κ2) is 4.72. The van der Waals surface area contributed by atoms with E-state index in [4.69, 9.17) is 11.6 Å². The minimum Gasteiger partial charge on any atom is -0.294 e. The number of aromatic nitrogens is 2. The lowest BCUT2D eigenvalue weighted by atomic mass is 10.1. The lowest BCUT2D eigenvalue weighted by Gasteiger charge is -2.05. The SMILES string of the molecule is CC(=O)c1cnn(Cc2ccc(C)cc2Cl)c1. The van der Waals surface area contributed by atoms with E-state index in [1.165, 1.54) is 6.92 Å². The summed E-state index contributed by atoms with van der Waals surface area (Å²) >= 11 is 6.14. The molecule has 0 N–H and O–H groups in total. The third-order valence-electron chi connectivity index (χ3n) is 2.58.